The Bertz CT molecular complexity index is 3580. The minimum atomic E-state index is 0.523. The van der Waals surface area contributed by atoms with Crippen molar-refractivity contribution in [2.24, 2.45) is 0 Å². The van der Waals surface area contributed by atoms with Crippen LogP contribution in [-0.4, -0.2) is 15.0 Å². The summed E-state index contributed by atoms with van der Waals surface area (Å²) in [5.41, 5.74) is 15.3. The lowest BCUT2D eigenvalue weighted by molar-refractivity contribution is 0.669. The van der Waals surface area contributed by atoms with Crippen molar-refractivity contribution in [2.75, 3.05) is 0 Å². The summed E-state index contributed by atoms with van der Waals surface area (Å²) in [5, 5.41) is 6.70. The molecule has 0 amide bonds. The number of nitrogens with zero attached hydrogens (tertiary/aromatic N) is 3. The van der Waals surface area contributed by atoms with Gasteiger partial charge >= 0.3 is 0 Å². The topological polar surface area (TPSA) is 65.0 Å². The third-order valence-corrected chi connectivity index (χ3v) is 12.1. The van der Waals surface area contributed by atoms with Gasteiger partial charge in [-0.25, -0.2) is 15.0 Å². The van der Waals surface area contributed by atoms with Crippen molar-refractivity contribution >= 4 is 54.6 Å². The molecule has 278 valence electrons. The summed E-state index contributed by atoms with van der Waals surface area (Å²) in [6, 6.07) is 65.8. The lowest BCUT2D eigenvalue weighted by Crippen LogP contribution is -2.00. The third-order valence-electron chi connectivity index (χ3n) is 12.1. The van der Waals surface area contributed by atoms with Crippen LogP contribution in [0.15, 0.2) is 197 Å². The van der Waals surface area contributed by atoms with E-state index in [2.05, 4.69) is 127 Å². The van der Waals surface area contributed by atoms with Crippen molar-refractivity contribution in [1.29, 1.82) is 0 Å². The van der Waals surface area contributed by atoms with Crippen molar-refractivity contribution in [2.45, 2.75) is 0 Å². The molecule has 0 aliphatic heterocycles. The van der Waals surface area contributed by atoms with Crippen LogP contribution in [0, 0.1) is 0 Å². The highest BCUT2D eigenvalue weighted by Crippen LogP contribution is 2.49. The molecule has 0 radical (unpaired) electrons. The Morgan fingerprint density at radius 3 is 1.32 bits per heavy atom. The van der Waals surface area contributed by atoms with Gasteiger partial charge in [-0.2, -0.15) is 0 Å². The molecule has 9 aromatic carbocycles. The quantitative estimate of drug-likeness (QED) is 0.175. The highest BCUT2D eigenvalue weighted by molar-refractivity contribution is 6.19. The van der Waals surface area contributed by atoms with Gasteiger partial charge in [0.05, 0.1) is 11.1 Å². The van der Waals surface area contributed by atoms with E-state index in [1.54, 1.807) is 0 Å². The highest BCUT2D eigenvalue weighted by atomic mass is 16.3. The number of furan rings is 2. The molecule has 0 fully saturated rings. The zero-order valence-electron chi connectivity index (χ0n) is 32.1. The van der Waals surface area contributed by atoms with Crippen LogP contribution in [0.25, 0.3) is 133 Å². The van der Waals surface area contributed by atoms with Crippen LogP contribution >= 0.6 is 0 Å². The van der Waals surface area contributed by atoms with Gasteiger partial charge in [-0.1, -0.05) is 152 Å². The maximum Gasteiger partial charge on any atom is 0.167 e. The number of hydrogen-bond donors (Lipinski definition) is 0. The van der Waals surface area contributed by atoms with E-state index in [4.69, 9.17) is 23.8 Å². The minimum Gasteiger partial charge on any atom is -0.455 e. The minimum absolute atomic E-state index is 0.523. The van der Waals surface area contributed by atoms with Gasteiger partial charge in [-0.15, -0.1) is 0 Å². The molecule has 0 spiro atoms. The molecule has 5 nitrogen and oxygen atoms in total. The van der Waals surface area contributed by atoms with Gasteiger partial charge in [0.25, 0.3) is 0 Å². The van der Waals surface area contributed by atoms with E-state index in [1.165, 1.54) is 44.2 Å². The van der Waals surface area contributed by atoms with Crippen molar-refractivity contribution in [3.8, 4) is 78.7 Å². The molecule has 5 heteroatoms. The summed E-state index contributed by atoms with van der Waals surface area (Å²) in [5.74, 6) is 1.60. The van der Waals surface area contributed by atoms with Gasteiger partial charge in [-0.05, 0) is 91.7 Å². The molecular formula is C55H31N3O2. The zero-order valence-corrected chi connectivity index (χ0v) is 32.1. The van der Waals surface area contributed by atoms with Crippen LogP contribution in [0.4, 0.5) is 0 Å². The average Bonchev–Trinajstić information content (AvgIpc) is 4.00. The molecule has 0 saturated heterocycles. The number of para-hydroxylation sites is 4. The standard InChI is InChI=1S/C55H31N3O2/c1-2-17-38-37(16-1)42-21-9-20-41-36(28-29-43(38)50(41)42)34-14-7-12-32(30-34)33-13-8-15-35(31-33)53-56-54(46-24-10-22-44-39-18-3-5-26-48(39)59-51(44)46)58-55(57-53)47-25-11-23-45-40-19-4-6-27-49(40)60-52(45)47/h1-31H. The number of fused-ring (bicyclic) bond motifs is 9. The maximum atomic E-state index is 6.50. The molecule has 0 unspecified atom stereocenters. The van der Waals surface area contributed by atoms with Crippen molar-refractivity contribution in [3.05, 3.63) is 188 Å². The van der Waals surface area contributed by atoms with Crippen molar-refractivity contribution < 1.29 is 8.83 Å². The van der Waals surface area contributed by atoms with E-state index in [1.807, 2.05) is 60.7 Å². The van der Waals surface area contributed by atoms with Gasteiger partial charge < -0.3 is 8.83 Å². The molecule has 3 aromatic heterocycles. The molecule has 3 heterocycles. The largest absolute Gasteiger partial charge is 0.455 e. The first-order chi connectivity index (χ1) is 29.7. The first kappa shape index (κ1) is 32.9. The van der Waals surface area contributed by atoms with E-state index in [-0.39, 0.29) is 0 Å². The fourth-order valence-electron chi connectivity index (χ4n) is 9.36. The van der Waals surface area contributed by atoms with Crippen LogP contribution < -0.4 is 0 Å². The van der Waals surface area contributed by atoms with Crippen LogP contribution in [0.5, 0.6) is 0 Å². The Morgan fingerprint density at radius 1 is 0.267 bits per heavy atom. The molecule has 0 saturated carbocycles. The third kappa shape index (κ3) is 4.90. The first-order valence-corrected chi connectivity index (χ1v) is 20.2. The van der Waals surface area contributed by atoms with E-state index >= 15 is 0 Å². The van der Waals surface area contributed by atoms with Gasteiger partial charge in [0, 0.05) is 27.1 Å². The molecule has 0 bridgehead atoms. The Labute approximate surface area is 343 Å². The van der Waals surface area contributed by atoms with Gasteiger partial charge in [0.2, 0.25) is 0 Å². The summed E-state index contributed by atoms with van der Waals surface area (Å²) in [4.78, 5) is 15.6. The maximum absolute atomic E-state index is 6.50. The molecular weight excluding hydrogens is 735 g/mol. The first-order valence-electron chi connectivity index (χ1n) is 20.2. The van der Waals surface area contributed by atoms with Gasteiger partial charge in [0.15, 0.2) is 17.5 Å². The lowest BCUT2D eigenvalue weighted by atomic mass is 9.92. The summed E-state index contributed by atoms with van der Waals surface area (Å²) < 4.78 is 13.0. The van der Waals surface area contributed by atoms with Crippen molar-refractivity contribution in [1.82, 2.24) is 15.0 Å². The number of hydrogen-bond acceptors (Lipinski definition) is 5. The molecule has 1 aliphatic rings. The van der Waals surface area contributed by atoms with Crippen LogP contribution in [-0.2, 0) is 0 Å². The monoisotopic (exact) mass is 765 g/mol. The molecule has 1 aliphatic carbocycles. The van der Waals surface area contributed by atoms with E-state index in [9.17, 15) is 0 Å². The van der Waals surface area contributed by atoms with Crippen LogP contribution in [0.1, 0.15) is 0 Å². The second kappa shape index (κ2) is 12.7. The fourth-order valence-corrected chi connectivity index (χ4v) is 9.36. The number of aromatic nitrogens is 3. The fraction of sp³-hybridized carbons (Fsp3) is 0. The second-order valence-electron chi connectivity index (χ2n) is 15.5. The average molecular weight is 766 g/mol. The number of benzene rings is 9. The Balaban J connectivity index is 0.970. The Morgan fingerprint density at radius 2 is 0.683 bits per heavy atom. The predicted molar refractivity (Wildman–Crippen MR) is 243 cm³/mol. The molecule has 13 rings (SSSR count). The lowest BCUT2D eigenvalue weighted by Gasteiger charge is -2.12. The highest BCUT2D eigenvalue weighted by Gasteiger charge is 2.23. The van der Waals surface area contributed by atoms with Crippen LogP contribution in [0.3, 0.4) is 0 Å². The molecule has 60 heavy (non-hydrogen) atoms. The summed E-state index contributed by atoms with van der Waals surface area (Å²) in [6.07, 6.45) is 0. The van der Waals surface area contributed by atoms with Crippen LogP contribution in [0.2, 0.25) is 0 Å². The Kier molecular flexibility index (Phi) is 6.95. The van der Waals surface area contributed by atoms with Gasteiger partial charge in [0.1, 0.15) is 22.3 Å². The molecule has 0 atom stereocenters. The molecule has 12 aromatic rings. The molecule has 0 N–H and O–H groups in total. The van der Waals surface area contributed by atoms with E-state index < -0.39 is 0 Å². The summed E-state index contributed by atoms with van der Waals surface area (Å²) in [6.45, 7) is 0. The smallest absolute Gasteiger partial charge is 0.167 e. The zero-order chi connectivity index (χ0) is 39.3. The predicted octanol–water partition coefficient (Wildman–Crippen LogP) is 14.8. The van der Waals surface area contributed by atoms with E-state index in [0.717, 1.165) is 71.7 Å². The SMILES string of the molecule is c1cc(-c2cccc(-c3ccc4c5c(cccc35)-c3ccccc3-4)c2)cc(-c2nc(-c3cccc4c3oc3ccccc34)nc(-c3cccc4c3oc3ccccc34)n2)c1. The Hall–Kier alpha value is -8.15. The second-order valence-corrected chi connectivity index (χ2v) is 15.5. The number of rotatable bonds is 5. The summed E-state index contributed by atoms with van der Waals surface area (Å²) >= 11 is 0. The van der Waals surface area contributed by atoms with E-state index in [0.29, 0.717) is 17.5 Å². The summed E-state index contributed by atoms with van der Waals surface area (Å²) in [7, 11) is 0. The van der Waals surface area contributed by atoms with Gasteiger partial charge in [-0.3, -0.25) is 0 Å². The normalized spacial score (nSPS) is 12.0. The van der Waals surface area contributed by atoms with Crippen molar-refractivity contribution in [3.63, 3.8) is 0 Å².